The lowest BCUT2D eigenvalue weighted by Crippen LogP contribution is -2.32. The summed E-state index contributed by atoms with van der Waals surface area (Å²) in [4.78, 5) is 11.4. The summed E-state index contributed by atoms with van der Waals surface area (Å²) in [5.41, 5.74) is 0.712. The Labute approximate surface area is 110 Å². The molecular formula is C11H14Cl2N2O2. The molecular weight excluding hydrogens is 263 g/mol. The maximum atomic E-state index is 11.4. The molecule has 1 aromatic carbocycles. The number of hydrogen-bond donors (Lipinski definition) is 2. The molecule has 2 N–H and O–H groups in total. The third kappa shape index (κ3) is 5.77. The Morgan fingerprint density at radius 2 is 1.94 bits per heavy atom. The number of benzene rings is 1. The molecule has 1 rings (SSSR count). The van der Waals surface area contributed by atoms with E-state index in [0.29, 0.717) is 28.9 Å². The minimum Gasteiger partial charge on any atom is -0.383 e. The fourth-order valence-corrected chi connectivity index (χ4v) is 1.72. The molecule has 0 saturated heterocycles. The summed E-state index contributed by atoms with van der Waals surface area (Å²) in [5.74, 6) is -0.113. The van der Waals surface area contributed by atoms with Crippen LogP contribution in [0.1, 0.15) is 0 Å². The molecule has 0 radical (unpaired) electrons. The van der Waals surface area contributed by atoms with Gasteiger partial charge in [0.25, 0.3) is 0 Å². The predicted molar refractivity (Wildman–Crippen MR) is 69.8 cm³/mol. The first-order valence-electron chi connectivity index (χ1n) is 5.07. The van der Waals surface area contributed by atoms with Gasteiger partial charge in [-0.3, -0.25) is 4.79 Å². The van der Waals surface area contributed by atoms with E-state index in [0.717, 1.165) is 0 Å². The molecule has 0 aliphatic rings. The number of carbonyl (C=O) groups is 1. The van der Waals surface area contributed by atoms with Crippen molar-refractivity contribution in [2.24, 2.45) is 0 Å². The molecule has 1 amide bonds. The summed E-state index contributed by atoms with van der Waals surface area (Å²) in [6.07, 6.45) is 0. The van der Waals surface area contributed by atoms with Crippen LogP contribution in [0.3, 0.4) is 0 Å². The first-order chi connectivity index (χ1) is 8.11. The quantitative estimate of drug-likeness (QED) is 0.783. The Morgan fingerprint density at radius 1 is 1.29 bits per heavy atom. The summed E-state index contributed by atoms with van der Waals surface area (Å²) < 4.78 is 4.82. The van der Waals surface area contributed by atoms with E-state index in [1.54, 1.807) is 25.3 Å². The van der Waals surface area contributed by atoms with E-state index >= 15 is 0 Å². The number of carbonyl (C=O) groups excluding carboxylic acids is 1. The van der Waals surface area contributed by atoms with Gasteiger partial charge in [-0.1, -0.05) is 23.2 Å². The van der Waals surface area contributed by atoms with E-state index in [4.69, 9.17) is 27.9 Å². The first kappa shape index (κ1) is 14.1. The van der Waals surface area contributed by atoms with Crippen molar-refractivity contribution in [2.75, 3.05) is 32.1 Å². The Hall–Kier alpha value is -0.970. The van der Waals surface area contributed by atoms with Crippen LogP contribution in [0.5, 0.6) is 0 Å². The van der Waals surface area contributed by atoms with Crippen molar-refractivity contribution in [1.82, 2.24) is 5.32 Å². The van der Waals surface area contributed by atoms with Crippen molar-refractivity contribution >= 4 is 34.8 Å². The van der Waals surface area contributed by atoms with E-state index in [2.05, 4.69) is 10.6 Å². The fraction of sp³-hybridized carbons (Fsp3) is 0.364. The maximum Gasteiger partial charge on any atom is 0.239 e. The lowest BCUT2D eigenvalue weighted by molar-refractivity contribution is -0.119. The highest BCUT2D eigenvalue weighted by Crippen LogP contribution is 2.22. The summed E-state index contributed by atoms with van der Waals surface area (Å²) in [6, 6.07) is 5.04. The van der Waals surface area contributed by atoms with Crippen molar-refractivity contribution in [2.45, 2.75) is 0 Å². The van der Waals surface area contributed by atoms with Crippen molar-refractivity contribution in [3.8, 4) is 0 Å². The number of hydrogen-bond acceptors (Lipinski definition) is 3. The summed E-state index contributed by atoms with van der Waals surface area (Å²) in [7, 11) is 1.58. The van der Waals surface area contributed by atoms with Crippen LogP contribution in [0.4, 0.5) is 5.69 Å². The van der Waals surface area contributed by atoms with Crippen LogP contribution in [0.15, 0.2) is 18.2 Å². The summed E-state index contributed by atoms with van der Waals surface area (Å²) in [5, 5.41) is 6.68. The third-order valence-electron chi connectivity index (χ3n) is 1.94. The molecule has 0 atom stereocenters. The molecule has 1 aromatic rings. The highest BCUT2D eigenvalue weighted by Gasteiger charge is 2.02. The molecule has 0 saturated carbocycles. The Balaban J connectivity index is 2.36. The van der Waals surface area contributed by atoms with Crippen molar-refractivity contribution in [3.05, 3.63) is 28.2 Å². The number of halogens is 2. The van der Waals surface area contributed by atoms with Gasteiger partial charge in [0.15, 0.2) is 0 Å². The van der Waals surface area contributed by atoms with Gasteiger partial charge in [0, 0.05) is 29.4 Å². The second-order valence-electron chi connectivity index (χ2n) is 3.35. The second-order valence-corrected chi connectivity index (χ2v) is 4.23. The van der Waals surface area contributed by atoms with E-state index in [-0.39, 0.29) is 12.5 Å². The van der Waals surface area contributed by atoms with E-state index in [1.165, 1.54) is 0 Å². The van der Waals surface area contributed by atoms with Crippen LogP contribution in [-0.4, -0.2) is 32.7 Å². The number of nitrogens with one attached hydrogen (secondary N) is 2. The SMILES string of the molecule is COCCNC(=O)CNc1cc(Cl)cc(Cl)c1. The van der Waals surface area contributed by atoms with Gasteiger partial charge in [0.05, 0.1) is 13.2 Å². The molecule has 0 aromatic heterocycles. The molecule has 94 valence electrons. The zero-order valence-corrected chi connectivity index (χ0v) is 10.9. The number of amides is 1. The minimum atomic E-state index is -0.113. The Bertz CT molecular complexity index is 365. The van der Waals surface area contributed by atoms with Crippen molar-refractivity contribution < 1.29 is 9.53 Å². The predicted octanol–water partition coefficient (Wildman–Crippen LogP) is 2.17. The van der Waals surface area contributed by atoms with Crippen LogP contribution >= 0.6 is 23.2 Å². The van der Waals surface area contributed by atoms with E-state index in [1.807, 2.05) is 0 Å². The van der Waals surface area contributed by atoms with Gasteiger partial charge in [0.1, 0.15) is 0 Å². The average molecular weight is 277 g/mol. The molecule has 0 heterocycles. The molecule has 0 aliphatic heterocycles. The smallest absolute Gasteiger partial charge is 0.239 e. The number of rotatable bonds is 6. The van der Waals surface area contributed by atoms with Gasteiger partial charge in [-0.25, -0.2) is 0 Å². The van der Waals surface area contributed by atoms with Crippen LogP contribution < -0.4 is 10.6 Å². The molecule has 6 heteroatoms. The molecule has 0 aliphatic carbocycles. The van der Waals surface area contributed by atoms with E-state index in [9.17, 15) is 4.79 Å². The zero-order chi connectivity index (χ0) is 12.7. The van der Waals surface area contributed by atoms with Crippen LogP contribution in [-0.2, 0) is 9.53 Å². The van der Waals surface area contributed by atoms with Gasteiger partial charge in [0.2, 0.25) is 5.91 Å². The largest absolute Gasteiger partial charge is 0.383 e. The van der Waals surface area contributed by atoms with Crippen molar-refractivity contribution in [1.29, 1.82) is 0 Å². The highest BCUT2D eigenvalue weighted by atomic mass is 35.5. The average Bonchev–Trinajstić information content (AvgIpc) is 2.25. The highest BCUT2D eigenvalue weighted by molar-refractivity contribution is 6.35. The summed E-state index contributed by atoms with van der Waals surface area (Å²) in [6.45, 7) is 1.16. The fourth-order valence-electron chi connectivity index (χ4n) is 1.19. The van der Waals surface area contributed by atoms with Crippen LogP contribution in [0.25, 0.3) is 0 Å². The third-order valence-corrected chi connectivity index (χ3v) is 2.38. The number of anilines is 1. The lowest BCUT2D eigenvalue weighted by Gasteiger charge is -2.08. The first-order valence-corrected chi connectivity index (χ1v) is 5.83. The lowest BCUT2D eigenvalue weighted by atomic mass is 10.3. The van der Waals surface area contributed by atoms with E-state index < -0.39 is 0 Å². The van der Waals surface area contributed by atoms with Gasteiger partial charge >= 0.3 is 0 Å². The van der Waals surface area contributed by atoms with Gasteiger partial charge < -0.3 is 15.4 Å². The van der Waals surface area contributed by atoms with Gasteiger partial charge in [-0.2, -0.15) is 0 Å². The summed E-state index contributed by atoms with van der Waals surface area (Å²) >= 11 is 11.7. The van der Waals surface area contributed by atoms with Gasteiger partial charge in [-0.05, 0) is 18.2 Å². The Morgan fingerprint density at radius 3 is 2.53 bits per heavy atom. The monoisotopic (exact) mass is 276 g/mol. The number of ether oxygens (including phenoxy) is 1. The zero-order valence-electron chi connectivity index (χ0n) is 9.43. The maximum absolute atomic E-state index is 11.4. The topological polar surface area (TPSA) is 50.4 Å². The molecule has 0 bridgehead atoms. The minimum absolute atomic E-state index is 0.113. The van der Waals surface area contributed by atoms with Crippen LogP contribution in [0, 0.1) is 0 Å². The standard InChI is InChI=1S/C11H14Cl2N2O2/c1-17-3-2-14-11(16)7-15-10-5-8(12)4-9(13)6-10/h4-6,15H,2-3,7H2,1H3,(H,14,16). The van der Waals surface area contributed by atoms with Crippen LogP contribution in [0.2, 0.25) is 10.0 Å². The second kappa shape index (κ2) is 7.37. The molecule has 17 heavy (non-hydrogen) atoms. The molecule has 0 unspecified atom stereocenters. The van der Waals surface area contributed by atoms with Crippen molar-refractivity contribution in [3.63, 3.8) is 0 Å². The van der Waals surface area contributed by atoms with Gasteiger partial charge in [-0.15, -0.1) is 0 Å². The normalized spacial score (nSPS) is 10.1. The Kier molecular flexibility index (Phi) is 6.11. The molecule has 0 spiro atoms. The number of methoxy groups -OCH3 is 1. The molecule has 0 fully saturated rings. The molecule has 4 nitrogen and oxygen atoms in total.